The largest absolute Gasteiger partial charge is 0.351 e. The third kappa shape index (κ3) is 3.07. The molecule has 5 heteroatoms. The van der Waals surface area contributed by atoms with E-state index in [1.165, 1.54) is 10.4 Å². The summed E-state index contributed by atoms with van der Waals surface area (Å²) in [7, 11) is 2.07. The topological polar surface area (TPSA) is 27.6 Å². The highest BCUT2D eigenvalue weighted by Gasteiger charge is 2.11. The van der Waals surface area contributed by atoms with Crippen molar-refractivity contribution in [1.82, 2.24) is 10.2 Å². The second-order valence-corrected chi connectivity index (χ2v) is 4.51. The highest BCUT2D eigenvalue weighted by Crippen LogP contribution is 2.15. The van der Waals surface area contributed by atoms with Crippen LogP contribution < -0.4 is 5.32 Å². The van der Waals surface area contributed by atoms with Gasteiger partial charge in [0.1, 0.15) is 0 Å². The van der Waals surface area contributed by atoms with E-state index in [2.05, 4.69) is 40.6 Å². The Bertz CT molecular complexity index is 348. The van der Waals surface area contributed by atoms with Crippen molar-refractivity contribution < 1.29 is 0 Å². The Kier molecular flexibility index (Phi) is 4.85. The maximum Gasteiger partial charge on any atom is 0.194 e. The monoisotopic (exact) mass is 337 g/mol. The van der Waals surface area contributed by atoms with Crippen molar-refractivity contribution in [3.05, 3.63) is 21.9 Å². The lowest BCUT2D eigenvalue weighted by Gasteiger charge is -2.14. The van der Waals surface area contributed by atoms with Crippen LogP contribution in [0.25, 0.3) is 0 Å². The molecular weight excluding hydrogens is 321 g/mol. The molecule has 1 N–H and O–H groups in total. The second-order valence-electron chi connectivity index (χ2n) is 3.51. The Balaban J connectivity index is 0.00000112. The van der Waals surface area contributed by atoms with E-state index in [1.807, 2.05) is 0 Å². The Morgan fingerprint density at radius 2 is 2.40 bits per heavy atom. The molecule has 0 amide bonds. The highest BCUT2D eigenvalue weighted by atomic mass is 127. The van der Waals surface area contributed by atoms with Gasteiger partial charge in [0.2, 0.25) is 0 Å². The number of aliphatic imine (C=N–C) groups is 1. The maximum atomic E-state index is 4.38. The van der Waals surface area contributed by atoms with Gasteiger partial charge in [-0.3, -0.25) is 4.99 Å². The molecule has 0 unspecified atom stereocenters. The molecule has 0 aromatic carbocycles. The lowest BCUT2D eigenvalue weighted by atomic mass is 10.3. The maximum absolute atomic E-state index is 4.38. The van der Waals surface area contributed by atoms with Crippen molar-refractivity contribution in [3.8, 4) is 0 Å². The third-order valence-corrected chi connectivity index (χ3v) is 3.46. The van der Waals surface area contributed by atoms with Crippen LogP contribution in [0, 0.1) is 6.92 Å². The van der Waals surface area contributed by atoms with E-state index in [9.17, 15) is 0 Å². The highest BCUT2D eigenvalue weighted by molar-refractivity contribution is 14.0. The molecule has 0 aliphatic carbocycles. The van der Waals surface area contributed by atoms with Crippen LogP contribution in [0.5, 0.6) is 0 Å². The molecule has 1 aromatic heterocycles. The molecule has 0 fully saturated rings. The summed E-state index contributed by atoms with van der Waals surface area (Å²) < 4.78 is 0. The minimum absolute atomic E-state index is 0. The summed E-state index contributed by atoms with van der Waals surface area (Å²) in [5.74, 6) is 1.03. The quantitative estimate of drug-likeness (QED) is 0.837. The number of thiophene rings is 1. The molecule has 3 nitrogen and oxygen atoms in total. The standard InChI is InChI=1S/C10H15N3S.HI/c1-8-3-6-14-9(8)7-12-10-11-4-5-13(10)2;/h3,6H,4-5,7H2,1-2H3,(H,11,12);1H. The zero-order chi connectivity index (χ0) is 9.97. The molecule has 1 aliphatic rings. The fourth-order valence-electron chi connectivity index (χ4n) is 1.47. The molecule has 0 radical (unpaired) electrons. The number of rotatable bonds is 2. The Hall–Kier alpha value is -0.300. The van der Waals surface area contributed by atoms with Crippen LogP contribution >= 0.6 is 35.3 Å². The average Bonchev–Trinajstić information content (AvgIpc) is 2.72. The molecule has 1 aromatic rings. The predicted molar refractivity (Wildman–Crippen MR) is 76.2 cm³/mol. The van der Waals surface area contributed by atoms with Crippen LogP contribution in [0.2, 0.25) is 0 Å². The summed E-state index contributed by atoms with van der Waals surface area (Å²) in [5.41, 5.74) is 1.36. The van der Waals surface area contributed by atoms with Gasteiger partial charge in [0.15, 0.2) is 5.96 Å². The summed E-state index contributed by atoms with van der Waals surface area (Å²) in [5, 5.41) is 5.49. The van der Waals surface area contributed by atoms with E-state index >= 15 is 0 Å². The van der Waals surface area contributed by atoms with Gasteiger partial charge < -0.3 is 10.2 Å². The zero-order valence-corrected chi connectivity index (χ0v) is 12.1. The lowest BCUT2D eigenvalue weighted by Crippen LogP contribution is -2.34. The number of nitrogens with one attached hydrogen (secondary N) is 1. The van der Waals surface area contributed by atoms with Crippen molar-refractivity contribution >= 4 is 41.3 Å². The van der Waals surface area contributed by atoms with Crippen LogP contribution in [0.4, 0.5) is 0 Å². The van der Waals surface area contributed by atoms with Gasteiger partial charge in [-0.05, 0) is 23.9 Å². The number of hydrogen-bond acceptors (Lipinski definition) is 4. The molecule has 2 heterocycles. The first-order chi connectivity index (χ1) is 6.77. The summed E-state index contributed by atoms with van der Waals surface area (Å²) in [6.45, 7) is 4.99. The minimum atomic E-state index is 0. The Morgan fingerprint density at radius 3 is 2.93 bits per heavy atom. The molecule has 2 rings (SSSR count). The van der Waals surface area contributed by atoms with Gasteiger partial charge in [-0.25, -0.2) is 0 Å². The van der Waals surface area contributed by atoms with Crippen LogP contribution in [0.15, 0.2) is 16.4 Å². The zero-order valence-electron chi connectivity index (χ0n) is 8.99. The molecule has 0 atom stereocenters. The second kappa shape index (κ2) is 5.69. The van der Waals surface area contributed by atoms with Gasteiger partial charge >= 0.3 is 0 Å². The number of hydrogen-bond donors (Lipinski definition) is 1. The summed E-state index contributed by atoms with van der Waals surface area (Å²) in [6.07, 6.45) is 0. The van der Waals surface area contributed by atoms with Gasteiger partial charge in [-0.15, -0.1) is 35.3 Å². The molecule has 0 saturated carbocycles. The Labute approximate surface area is 112 Å². The summed E-state index contributed by atoms with van der Waals surface area (Å²) >= 11 is 1.80. The van der Waals surface area contributed by atoms with Gasteiger partial charge in [-0.2, -0.15) is 0 Å². The van der Waals surface area contributed by atoms with Crippen LogP contribution in [-0.2, 0) is 6.54 Å². The van der Waals surface area contributed by atoms with Gasteiger partial charge in [0, 0.05) is 18.5 Å². The minimum Gasteiger partial charge on any atom is -0.351 e. The van der Waals surface area contributed by atoms with Crippen molar-refractivity contribution in [2.45, 2.75) is 13.5 Å². The average molecular weight is 337 g/mol. The van der Waals surface area contributed by atoms with Gasteiger partial charge in [-0.1, -0.05) is 0 Å². The first-order valence-corrected chi connectivity index (χ1v) is 5.68. The normalized spacial score (nSPS) is 14.8. The van der Waals surface area contributed by atoms with E-state index in [0.717, 1.165) is 25.6 Å². The van der Waals surface area contributed by atoms with E-state index in [0.29, 0.717) is 0 Å². The van der Waals surface area contributed by atoms with Crippen LogP contribution in [-0.4, -0.2) is 31.0 Å². The van der Waals surface area contributed by atoms with Crippen molar-refractivity contribution in [2.75, 3.05) is 20.1 Å². The summed E-state index contributed by atoms with van der Waals surface area (Å²) in [4.78, 5) is 7.93. The smallest absolute Gasteiger partial charge is 0.194 e. The molecule has 15 heavy (non-hydrogen) atoms. The first-order valence-electron chi connectivity index (χ1n) is 4.80. The Morgan fingerprint density at radius 1 is 1.60 bits per heavy atom. The molecule has 0 spiro atoms. The number of nitrogens with zero attached hydrogens (tertiary/aromatic N) is 2. The van der Waals surface area contributed by atoms with E-state index in [4.69, 9.17) is 0 Å². The number of likely N-dealkylation sites (N-methyl/N-ethyl adjacent to an activating group) is 1. The number of aryl methyl sites for hydroxylation is 1. The first kappa shape index (κ1) is 12.8. The van der Waals surface area contributed by atoms with E-state index < -0.39 is 0 Å². The molecule has 84 valence electrons. The van der Waals surface area contributed by atoms with Crippen molar-refractivity contribution in [3.63, 3.8) is 0 Å². The fourth-order valence-corrected chi connectivity index (χ4v) is 2.31. The van der Waals surface area contributed by atoms with Gasteiger partial charge in [0.25, 0.3) is 0 Å². The van der Waals surface area contributed by atoms with Gasteiger partial charge in [0.05, 0.1) is 13.1 Å². The van der Waals surface area contributed by atoms with Crippen LogP contribution in [0.1, 0.15) is 10.4 Å². The molecule has 0 bridgehead atoms. The SMILES string of the molecule is Cc1ccsc1CNC1=NCCN1C.I. The van der Waals surface area contributed by atoms with Crippen LogP contribution in [0.3, 0.4) is 0 Å². The predicted octanol–water partition coefficient (Wildman–Crippen LogP) is 2.07. The summed E-state index contributed by atoms with van der Waals surface area (Å²) in [6, 6.07) is 2.15. The number of halogens is 1. The fraction of sp³-hybridized carbons (Fsp3) is 0.500. The van der Waals surface area contributed by atoms with Crippen molar-refractivity contribution in [2.24, 2.45) is 4.99 Å². The molecule has 1 aliphatic heterocycles. The third-order valence-electron chi connectivity index (χ3n) is 2.43. The van der Waals surface area contributed by atoms with E-state index in [1.54, 1.807) is 11.3 Å². The molecular formula is C10H16IN3S. The van der Waals surface area contributed by atoms with Crippen molar-refractivity contribution in [1.29, 1.82) is 0 Å². The molecule has 0 saturated heterocycles. The lowest BCUT2D eigenvalue weighted by molar-refractivity contribution is 0.534. The van der Waals surface area contributed by atoms with E-state index in [-0.39, 0.29) is 24.0 Å². The number of guanidine groups is 1.